The van der Waals surface area contributed by atoms with Crippen molar-refractivity contribution in [1.82, 2.24) is 15.0 Å². The Morgan fingerprint density at radius 3 is 2.46 bits per heavy atom. The number of anilines is 2. The van der Waals surface area contributed by atoms with Gasteiger partial charge in [0.1, 0.15) is 23.5 Å². The number of methoxy groups -OCH3 is 1. The number of nitrogens with zero attached hydrogens (tertiary/aromatic N) is 4. The lowest BCUT2D eigenvalue weighted by Crippen LogP contribution is -2.45. The number of amides is 1. The quantitative estimate of drug-likeness (QED) is 0.309. The lowest BCUT2D eigenvalue weighted by atomic mass is 10.1. The third kappa shape index (κ3) is 7.11. The molecule has 0 saturated carbocycles. The molecule has 1 saturated heterocycles. The van der Waals surface area contributed by atoms with Crippen LogP contribution in [-0.2, 0) is 20.4 Å². The molecule has 10 nitrogen and oxygen atoms in total. The molecule has 220 valence electrons. The first-order valence-electron chi connectivity index (χ1n) is 12.7. The number of alkyl halides is 3. The van der Waals surface area contributed by atoms with Crippen molar-refractivity contribution in [1.29, 1.82) is 0 Å². The summed E-state index contributed by atoms with van der Waals surface area (Å²) >= 11 is 1.28. The summed E-state index contributed by atoms with van der Waals surface area (Å²) in [6.07, 6.45) is -3.92. The van der Waals surface area contributed by atoms with Gasteiger partial charge in [0.2, 0.25) is 5.95 Å². The lowest BCUT2D eigenvalue weighted by molar-refractivity contribution is -0.137. The van der Waals surface area contributed by atoms with Gasteiger partial charge in [-0.15, -0.1) is 11.3 Å². The number of aromatic nitrogens is 3. The minimum absolute atomic E-state index is 0.0320. The number of carbonyl (C=O) groups excluding carboxylic acids is 2. The second-order valence-electron chi connectivity index (χ2n) is 10.4. The van der Waals surface area contributed by atoms with E-state index in [1.54, 1.807) is 13.1 Å². The molecule has 1 fully saturated rings. The zero-order chi connectivity index (χ0) is 30.1. The SMILES string of the molecule is COC(=O)c1cc(N2C(=O)OC[C@@H]2[C@@H](C)OC(C)(C)C)nc(N[C@@H](C)c2ncc(-c3ccc(C(F)(F)F)cc3)s2)n1. The maximum Gasteiger partial charge on any atom is 0.416 e. The Morgan fingerprint density at radius 1 is 1.17 bits per heavy atom. The van der Waals surface area contributed by atoms with Gasteiger partial charge in [-0.05, 0) is 52.3 Å². The number of esters is 1. The number of carbonyl (C=O) groups is 2. The van der Waals surface area contributed by atoms with Crippen LogP contribution < -0.4 is 10.2 Å². The minimum atomic E-state index is -4.42. The molecular weight excluding hydrogens is 563 g/mol. The van der Waals surface area contributed by atoms with E-state index in [0.717, 1.165) is 12.1 Å². The molecule has 3 aromatic rings. The predicted molar refractivity (Wildman–Crippen MR) is 146 cm³/mol. The van der Waals surface area contributed by atoms with Crippen molar-refractivity contribution in [3.63, 3.8) is 0 Å². The van der Waals surface area contributed by atoms with E-state index in [0.29, 0.717) is 15.4 Å². The van der Waals surface area contributed by atoms with Gasteiger partial charge in [-0.1, -0.05) is 12.1 Å². The first-order valence-corrected chi connectivity index (χ1v) is 13.5. The van der Waals surface area contributed by atoms with Gasteiger partial charge in [-0.2, -0.15) is 18.2 Å². The summed E-state index contributed by atoms with van der Waals surface area (Å²) < 4.78 is 55.0. The molecule has 1 aromatic carbocycles. The molecule has 2 aromatic heterocycles. The summed E-state index contributed by atoms with van der Waals surface area (Å²) in [5, 5.41) is 3.69. The third-order valence-electron chi connectivity index (χ3n) is 6.08. The zero-order valence-corrected chi connectivity index (χ0v) is 24.1. The standard InChI is InChI=1S/C27H30F3N5O5S/c1-14(22-31-12-20(41-22)16-7-9-17(10-8-16)27(28,29)30)32-24-33-18(23(36)38-6)11-21(34-24)35-19(13-39-25(35)37)15(2)40-26(3,4)5/h7-12,14-15,19H,13H2,1-6H3,(H,32,33,34)/t14-,15+,19+/m0/s1. The van der Waals surface area contributed by atoms with E-state index < -0.39 is 47.6 Å². The Kier molecular flexibility index (Phi) is 8.54. The van der Waals surface area contributed by atoms with Crippen LogP contribution in [0, 0.1) is 0 Å². The average molecular weight is 594 g/mol. The van der Waals surface area contributed by atoms with Crippen molar-refractivity contribution < 1.29 is 37.0 Å². The number of ether oxygens (including phenoxy) is 3. The van der Waals surface area contributed by atoms with Crippen LogP contribution in [0.4, 0.5) is 29.7 Å². The summed E-state index contributed by atoms with van der Waals surface area (Å²) in [6, 6.07) is 5.19. The number of rotatable bonds is 8. The van der Waals surface area contributed by atoms with E-state index in [-0.39, 0.29) is 24.1 Å². The fourth-order valence-electron chi connectivity index (χ4n) is 4.21. The molecule has 1 aliphatic rings. The predicted octanol–water partition coefficient (Wildman–Crippen LogP) is 6.11. The molecule has 0 bridgehead atoms. The Morgan fingerprint density at radius 2 is 1.85 bits per heavy atom. The van der Waals surface area contributed by atoms with Crippen LogP contribution >= 0.6 is 11.3 Å². The highest BCUT2D eigenvalue weighted by Gasteiger charge is 2.41. The van der Waals surface area contributed by atoms with Gasteiger partial charge >= 0.3 is 18.2 Å². The molecule has 0 unspecified atom stereocenters. The van der Waals surface area contributed by atoms with Crippen LogP contribution in [0.2, 0.25) is 0 Å². The third-order valence-corrected chi connectivity index (χ3v) is 7.31. The molecule has 41 heavy (non-hydrogen) atoms. The van der Waals surface area contributed by atoms with E-state index in [4.69, 9.17) is 14.2 Å². The zero-order valence-electron chi connectivity index (χ0n) is 23.3. The fourth-order valence-corrected chi connectivity index (χ4v) is 5.14. The molecule has 0 aliphatic carbocycles. The van der Waals surface area contributed by atoms with Crippen LogP contribution in [0.15, 0.2) is 36.5 Å². The number of halogens is 3. The number of cyclic esters (lactones) is 1. The van der Waals surface area contributed by atoms with Gasteiger partial charge in [0.25, 0.3) is 0 Å². The first-order chi connectivity index (χ1) is 19.2. The van der Waals surface area contributed by atoms with E-state index in [1.807, 2.05) is 27.7 Å². The summed E-state index contributed by atoms with van der Waals surface area (Å²) in [4.78, 5) is 40.3. The maximum absolute atomic E-state index is 12.9. The number of thiazole rings is 1. The molecule has 1 N–H and O–H groups in total. The first kappa shape index (κ1) is 30.2. The highest BCUT2D eigenvalue weighted by atomic mass is 32.1. The van der Waals surface area contributed by atoms with E-state index in [2.05, 4.69) is 20.3 Å². The van der Waals surface area contributed by atoms with E-state index >= 15 is 0 Å². The maximum atomic E-state index is 12.9. The Balaban J connectivity index is 1.60. The summed E-state index contributed by atoms with van der Waals surface area (Å²) in [5.74, 6) is -0.577. The van der Waals surface area contributed by atoms with Gasteiger partial charge in [0, 0.05) is 12.3 Å². The molecule has 4 rings (SSSR count). The van der Waals surface area contributed by atoms with Crippen molar-refractivity contribution >= 4 is 35.2 Å². The van der Waals surface area contributed by atoms with Gasteiger partial charge in [0.15, 0.2) is 5.69 Å². The molecule has 0 spiro atoms. The largest absolute Gasteiger partial charge is 0.464 e. The van der Waals surface area contributed by atoms with Crippen molar-refractivity contribution in [2.24, 2.45) is 0 Å². The normalized spacial score (nSPS) is 17.2. The summed E-state index contributed by atoms with van der Waals surface area (Å²) in [5.41, 5.74) is -0.706. The monoisotopic (exact) mass is 593 g/mol. The Hall–Kier alpha value is -3.78. The summed E-state index contributed by atoms with van der Waals surface area (Å²) in [6.45, 7) is 9.38. The molecule has 1 aliphatic heterocycles. The van der Waals surface area contributed by atoms with Crippen LogP contribution in [0.5, 0.6) is 0 Å². The van der Waals surface area contributed by atoms with Gasteiger partial charge in [0.05, 0.1) is 35.3 Å². The summed E-state index contributed by atoms with van der Waals surface area (Å²) in [7, 11) is 1.21. The van der Waals surface area contributed by atoms with Gasteiger partial charge < -0.3 is 19.5 Å². The lowest BCUT2D eigenvalue weighted by Gasteiger charge is -2.31. The van der Waals surface area contributed by atoms with Crippen molar-refractivity contribution in [3.8, 4) is 10.4 Å². The molecule has 14 heteroatoms. The molecule has 3 heterocycles. The van der Waals surface area contributed by atoms with E-state index in [9.17, 15) is 22.8 Å². The smallest absolute Gasteiger partial charge is 0.416 e. The molecular formula is C27H30F3N5O5S. The topological polar surface area (TPSA) is 116 Å². The highest BCUT2D eigenvalue weighted by molar-refractivity contribution is 7.15. The van der Waals surface area contributed by atoms with Crippen LogP contribution in [0.1, 0.15) is 61.7 Å². The van der Waals surface area contributed by atoms with Gasteiger partial charge in [-0.25, -0.2) is 19.6 Å². The Bertz CT molecular complexity index is 1410. The van der Waals surface area contributed by atoms with Crippen molar-refractivity contribution in [2.45, 2.75) is 64.6 Å². The van der Waals surface area contributed by atoms with Crippen molar-refractivity contribution in [3.05, 3.63) is 52.8 Å². The second kappa shape index (κ2) is 11.6. The molecule has 3 atom stereocenters. The second-order valence-corrected chi connectivity index (χ2v) is 11.4. The average Bonchev–Trinajstić information content (AvgIpc) is 3.54. The van der Waals surface area contributed by atoms with Gasteiger partial charge in [-0.3, -0.25) is 4.90 Å². The van der Waals surface area contributed by atoms with E-state index in [1.165, 1.54) is 41.5 Å². The molecule has 0 radical (unpaired) electrons. The number of benzene rings is 1. The number of nitrogens with one attached hydrogen (secondary N) is 1. The minimum Gasteiger partial charge on any atom is -0.464 e. The van der Waals surface area contributed by atoms with Crippen LogP contribution in [0.3, 0.4) is 0 Å². The van der Waals surface area contributed by atoms with Crippen LogP contribution in [0.25, 0.3) is 10.4 Å². The molecule has 1 amide bonds. The number of hydrogen-bond acceptors (Lipinski definition) is 10. The highest BCUT2D eigenvalue weighted by Crippen LogP contribution is 2.34. The fraction of sp³-hybridized carbons (Fsp3) is 0.444. The Labute approximate surface area is 238 Å². The van der Waals surface area contributed by atoms with Crippen LogP contribution in [-0.4, -0.2) is 58.5 Å². The number of hydrogen-bond donors (Lipinski definition) is 1. The van der Waals surface area contributed by atoms with Crippen molar-refractivity contribution in [2.75, 3.05) is 23.9 Å².